The number of hydrogen-bond donors (Lipinski definition) is 3. The summed E-state index contributed by atoms with van der Waals surface area (Å²) < 4.78 is 7.81. The Bertz CT molecular complexity index is 3120. The quantitative estimate of drug-likeness (QED) is 0.163. The molecule has 0 spiro atoms. The van der Waals surface area contributed by atoms with Crippen molar-refractivity contribution in [3.8, 4) is 16.8 Å². The van der Waals surface area contributed by atoms with Gasteiger partial charge in [0, 0.05) is 57.3 Å². The van der Waals surface area contributed by atoms with E-state index in [-0.39, 0.29) is 18.5 Å². The molecule has 12 rings (SSSR count). The molecule has 4 heterocycles. The first-order valence-corrected chi connectivity index (χ1v) is 21.8. The summed E-state index contributed by atoms with van der Waals surface area (Å²) in [7, 11) is 0. The Kier molecular flexibility index (Phi) is 7.95. The van der Waals surface area contributed by atoms with Crippen molar-refractivity contribution < 1.29 is 0 Å². The van der Waals surface area contributed by atoms with Crippen LogP contribution in [0.2, 0.25) is 0 Å². The number of rotatable bonds is 5. The normalized spacial score (nSPS) is 20.7. The number of hydrogen-bond acceptors (Lipinski definition) is 5. The fraction of sp³-hybridized carbons (Fsp3) is 0.137. The maximum absolute atomic E-state index is 4.00. The highest BCUT2D eigenvalue weighted by Gasteiger charge is 2.33. The summed E-state index contributed by atoms with van der Waals surface area (Å²) in [4.78, 5) is 0. The maximum Gasteiger partial charge on any atom is 0.0868 e. The molecule has 6 aromatic carbocycles. The van der Waals surface area contributed by atoms with E-state index in [0.717, 1.165) is 19.3 Å². The molecule has 57 heavy (non-hydrogen) atoms. The van der Waals surface area contributed by atoms with Gasteiger partial charge in [0.05, 0.1) is 29.7 Å². The van der Waals surface area contributed by atoms with Crippen LogP contribution in [0, 0.1) is 5.92 Å². The Labute approximate surface area is 339 Å². The second-order valence-corrected chi connectivity index (χ2v) is 17.7. The number of nitrogens with zero attached hydrogens (tertiary/aromatic N) is 1. The molecule has 0 saturated carbocycles. The third-order valence-corrected chi connectivity index (χ3v) is 14.7. The van der Waals surface area contributed by atoms with Crippen LogP contribution in [0.3, 0.4) is 0 Å². The number of aromatic nitrogens is 1. The Morgan fingerprint density at radius 1 is 0.614 bits per heavy atom. The highest BCUT2D eigenvalue weighted by Crippen LogP contribution is 2.46. The monoisotopic (exact) mass is 772 g/mol. The molecule has 276 valence electrons. The first kappa shape index (κ1) is 33.5. The molecule has 3 aromatic heterocycles. The van der Waals surface area contributed by atoms with Crippen LogP contribution in [-0.2, 0) is 6.42 Å². The average molecular weight is 773 g/mol. The van der Waals surface area contributed by atoms with Gasteiger partial charge in [0.25, 0.3) is 0 Å². The van der Waals surface area contributed by atoms with Crippen molar-refractivity contribution in [3.63, 3.8) is 0 Å². The third kappa shape index (κ3) is 5.43. The van der Waals surface area contributed by atoms with Crippen molar-refractivity contribution in [1.82, 2.24) is 20.5 Å². The van der Waals surface area contributed by atoms with Gasteiger partial charge in [0.2, 0.25) is 0 Å². The molecule has 4 nitrogen and oxygen atoms in total. The second-order valence-electron chi connectivity index (χ2n) is 15.6. The molecule has 3 N–H and O–H groups in total. The van der Waals surface area contributed by atoms with Gasteiger partial charge in [-0.3, -0.25) is 16.0 Å². The second kappa shape index (κ2) is 13.5. The predicted molar refractivity (Wildman–Crippen MR) is 243 cm³/mol. The van der Waals surface area contributed by atoms with Crippen molar-refractivity contribution >= 4 is 80.0 Å². The van der Waals surface area contributed by atoms with Gasteiger partial charge in [0.1, 0.15) is 0 Å². The van der Waals surface area contributed by atoms with E-state index in [1.807, 2.05) is 22.7 Å². The maximum atomic E-state index is 4.00. The summed E-state index contributed by atoms with van der Waals surface area (Å²) >= 11 is 3.82. The van der Waals surface area contributed by atoms with Crippen LogP contribution in [0.1, 0.15) is 47.6 Å². The lowest BCUT2D eigenvalue weighted by Crippen LogP contribution is -2.61. The molecule has 0 bridgehead atoms. The van der Waals surface area contributed by atoms with Crippen molar-refractivity contribution in [2.75, 3.05) is 0 Å². The van der Waals surface area contributed by atoms with E-state index in [9.17, 15) is 0 Å². The molecule has 0 amide bonds. The number of aryl methyl sites for hydroxylation is 1. The van der Waals surface area contributed by atoms with Crippen LogP contribution in [0.15, 0.2) is 158 Å². The zero-order valence-electron chi connectivity index (χ0n) is 31.3. The van der Waals surface area contributed by atoms with Gasteiger partial charge in [-0.05, 0) is 83.5 Å². The van der Waals surface area contributed by atoms with E-state index < -0.39 is 0 Å². The smallest absolute Gasteiger partial charge is 0.0868 e. The van der Waals surface area contributed by atoms with Gasteiger partial charge >= 0.3 is 0 Å². The predicted octanol–water partition coefficient (Wildman–Crippen LogP) is 12.9. The first-order chi connectivity index (χ1) is 28.3. The molecule has 1 saturated heterocycles. The van der Waals surface area contributed by atoms with Crippen LogP contribution >= 0.6 is 22.7 Å². The van der Waals surface area contributed by atoms with E-state index >= 15 is 0 Å². The minimum Gasteiger partial charge on any atom is -0.309 e. The summed E-state index contributed by atoms with van der Waals surface area (Å²) in [5.41, 5.74) is 10.4. The van der Waals surface area contributed by atoms with Crippen LogP contribution < -0.4 is 16.0 Å². The van der Waals surface area contributed by atoms with E-state index in [4.69, 9.17) is 0 Å². The van der Waals surface area contributed by atoms with Crippen molar-refractivity contribution in [2.24, 2.45) is 5.92 Å². The third-order valence-electron chi connectivity index (χ3n) is 12.4. The Morgan fingerprint density at radius 2 is 1.44 bits per heavy atom. The molecular weight excluding hydrogens is 733 g/mol. The van der Waals surface area contributed by atoms with Gasteiger partial charge in [0.15, 0.2) is 0 Å². The lowest BCUT2D eigenvalue weighted by Gasteiger charge is -2.42. The fourth-order valence-corrected chi connectivity index (χ4v) is 12.2. The summed E-state index contributed by atoms with van der Waals surface area (Å²) in [5, 5.41) is 18.5. The zero-order valence-corrected chi connectivity index (χ0v) is 32.9. The average Bonchev–Trinajstić information content (AvgIpc) is 3.96. The van der Waals surface area contributed by atoms with Gasteiger partial charge in [-0.25, -0.2) is 0 Å². The molecular formula is C51H40N4S2. The number of thiophene rings is 2. The fourth-order valence-electron chi connectivity index (χ4n) is 9.73. The Balaban J connectivity index is 0.970. The van der Waals surface area contributed by atoms with Crippen LogP contribution in [-0.4, -0.2) is 10.7 Å². The number of nitrogens with one attached hydrogen (secondary N) is 3. The zero-order chi connectivity index (χ0) is 37.5. The van der Waals surface area contributed by atoms with Gasteiger partial charge < -0.3 is 4.57 Å². The minimum atomic E-state index is -0.0338. The van der Waals surface area contributed by atoms with Crippen LogP contribution in [0.5, 0.6) is 0 Å². The van der Waals surface area contributed by atoms with Crippen LogP contribution in [0.25, 0.3) is 74.1 Å². The highest BCUT2D eigenvalue weighted by molar-refractivity contribution is 7.26. The molecule has 4 atom stereocenters. The number of allylic oxidation sites excluding steroid dienone is 4. The largest absolute Gasteiger partial charge is 0.309 e. The molecule has 6 heteroatoms. The molecule has 3 aliphatic rings. The number of benzene rings is 6. The van der Waals surface area contributed by atoms with E-state index in [1.54, 1.807) is 0 Å². The van der Waals surface area contributed by atoms with Crippen molar-refractivity contribution in [1.29, 1.82) is 0 Å². The summed E-state index contributed by atoms with van der Waals surface area (Å²) in [6.45, 7) is 0. The number of fused-ring (bicyclic) bond motifs is 9. The summed E-state index contributed by atoms with van der Waals surface area (Å²) in [5.74, 6) is 0.362. The molecule has 1 fully saturated rings. The SMILES string of the molecule is C1=CCC(C2NC(c3ccccc3)NC(c3cccc4sc5c(-c6ccc7c(c6)sc6cccc(-n8c9c(c%10ccccc%108)CCC=C9)c67)cccc5c34)N2)C=C1. The Hall–Kier alpha value is -5.60. The summed E-state index contributed by atoms with van der Waals surface area (Å²) in [6, 6.07) is 47.4. The lowest BCUT2D eigenvalue weighted by atomic mass is 9.94. The molecule has 0 radical (unpaired) electrons. The Morgan fingerprint density at radius 3 is 2.35 bits per heavy atom. The van der Waals surface area contributed by atoms with E-state index in [2.05, 4.69) is 184 Å². The van der Waals surface area contributed by atoms with Crippen LogP contribution in [0.4, 0.5) is 0 Å². The number of para-hydroxylation sites is 1. The van der Waals surface area contributed by atoms with E-state index in [0.29, 0.717) is 5.92 Å². The van der Waals surface area contributed by atoms with Crippen molar-refractivity contribution in [3.05, 3.63) is 180 Å². The van der Waals surface area contributed by atoms with Gasteiger partial charge in [-0.2, -0.15) is 0 Å². The lowest BCUT2D eigenvalue weighted by molar-refractivity contribution is 0.171. The summed E-state index contributed by atoms with van der Waals surface area (Å²) in [6.07, 6.45) is 16.9. The molecule has 2 aliphatic carbocycles. The van der Waals surface area contributed by atoms with E-state index in [1.165, 1.54) is 90.4 Å². The first-order valence-electron chi connectivity index (χ1n) is 20.1. The molecule has 9 aromatic rings. The highest BCUT2D eigenvalue weighted by atomic mass is 32.1. The topological polar surface area (TPSA) is 41.0 Å². The standard InChI is InChI=1S/C51H40N4S2/c1-3-14-31(15-4-1)49-52-50(32-16-5-2-6-17-32)54-51(53-49)39-22-12-26-43-46(39)38-21-11-20-34(48(38)57-43)33-28-29-37-45(30-33)56-44-27-13-25-42(47(37)44)55-40-23-9-7-18-35(40)36-19-8-10-24-41(36)55/h1-7,9-16,18,20-30,32,49-54H,8,17,19H2. The van der Waals surface area contributed by atoms with Gasteiger partial charge in [-0.15, -0.1) is 22.7 Å². The molecule has 1 aliphatic heterocycles. The van der Waals surface area contributed by atoms with Crippen molar-refractivity contribution in [2.45, 2.75) is 37.8 Å². The van der Waals surface area contributed by atoms with Gasteiger partial charge in [-0.1, -0.05) is 127 Å². The minimum absolute atomic E-state index is 0.0177. The molecule has 4 unspecified atom stereocenters.